The predicted octanol–water partition coefficient (Wildman–Crippen LogP) is 0.112. The number of carboxylic acid groups (broad SMARTS) is 1. The van der Waals surface area contributed by atoms with Crippen LogP contribution in [0.15, 0.2) is 18.2 Å². The molecule has 0 spiro atoms. The van der Waals surface area contributed by atoms with Crippen LogP contribution in [0.4, 0.5) is 10.1 Å². The first-order chi connectivity index (χ1) is 10.2. The molecule has 1 aromatic rings. The summed E-state index contributed by atoms with van der Waals surface area (Å²) >= 11 is -2.68. The van der Waals surface area contributed by atoms with E-state index in [1.807, 2.05) is 0 Å². The van der Waals surface area contributed by atoms with Crippen LogP contribution in [0.2, 0.25) is 0 Å². The number of sulfone groups is 1. The van der Waals surface area contributed by atoms with E-state index < -0.39 is 32.9 Å². The molecule has 0 aliphatic carbocycles. The van der Waals surface area contributed by atoms with Gasteiger partial charge in [0.2, 0.25) is 0 Å². The number of anilines is 1. The maximum absolute atomic E-state index is 13.4. The van der Waals surface area contributed by atoms with Crippen LogP contribution in [-0.4, -0.2) is 57.9 Å². The molecule has 11 heteroatoms. The number of hydrogen-bond acceptors (Lipinski definition) is 5. The van der Waals surface area contributed by atoms with Gasteiger partial charge in [-0.25, -0.2) is 26.8 Å². The number of hydrazine groups is 1. The van der Waals surface area contributed by atoms with Crippen LogP contribution >= 0.6 is 0 Å². The summed E-state index contributed by atoms with van der Waals surface area (Å²) in [6.45, 7) is -0.186. The average molecular weight is 352 g/mol. The zero-order valence-corrected chi connectivity index (χ0v) is 12.8. The molecule has 0 radical (unpaired) electrons. The molecule has 1 saturated heterocycles. The predicted molar refractivity (Wildman–Crippen MR) is 76.8 cm³/mol. The zero-order chi connectivity index (χ0) is 16.5. The number of halogens is 1. The Labute approximate surface area is 128 Å². The highest BCUT2D eigenvalue weighted by molar-refractivity contribution is 7.91. The number of carbonyl (C=O) groups is 1. The van der Waals surface area contributed by atoms with Crippen molar-refractivity contribution >= 4 is 32.8 Å². The van der Waals surface area contributed by atoms with Gasteiger partial charge >= 0.3 is 5.97 Å². The summed E-state index contributed by atoms with van der Waals surface area (Å²) in [7, 11) is -3.23. The second kappa shape index (κ2) is 6.28. The average Bonchev–Trinajstić information content (AvgIpc) is 2.40. The van der Waals surface area contributed by atoms with Gasteiger partial charge in [-0.2, -0.15) is 4.41 Å². The number of hydrogen-bond donors (Lipinski definition) is 2. The maximum atomic E-state index is 13.4. The van der Waals surface area contributed by atoms with Crippen molar-refractivity contribution < 1.29 is 31.5 Å². The molecule has 1 aliphatic heterocycles. The molecule has 0 bridgehead atoms. The molecular formula is C11H13FN2O6S2. The minimum Gasteiger partial charge on any atom is -0.478 e. The summed E-state index contributed by atoms with van der Waals surface area (Å²) < 4.78 is 58.0. The first-order valence-corrected chi connectivity index (χ1v) is 8.99. The molecule has 1 heterocycles. The van der Waals surface area contributed by atoms with Gasteiger partial charge in [-0.15, -0.1) is 0 Å². The molecule has 2 rings (SSSR count). The van der Waals surface area contributed by atoms with Crippen LogP contribution in [0, 0.1) is 5.82 Å². The third kappa shape index (κ3) is 3.61. The van der Waals surface area contributed by atoms with E-state index in [-0.39, 0.29) is 35.8 Å². The maximum Gasteiger partial charge on any atom is 0.337 e. The number of aromatic carboxylic acids is 1. The largest absolute Gasteiger partial charge is 0.478 e. The molecule has 1 fully saturated rings. The summed E-state index contributed by atoms with van der Waals surface area (Å²) in [6, 6.07) is 2.72. The van der Waals surface area contributed by atoms with Crippen molar-refractivity contribution in [1.29, 1.82) is 0 Å². The number of rotatable bonds is 4. The quantitative estimate of drug-likeness (QED) is 0.739. The second-order valence-electron chi connectivity index (χ2n) is 4.58. The SMILES string of the molecule is O=C(O)c1ccc(F)cc1N(N1CCS(=O)(=O)CC1)S(=O)O. The fraction of sp³-hybridized carbons (Fsp3) is 0.364. The van der Waals surface area contributed by atoms with Crippen molar-refractivity contribution in [3.8, 4) is 0 Å². The Hall–Kier alpha value is -1.56. The molecule has 122 valence electrons. The van der Waals surface area contributed by atoms with Crippen molar-refractivity contribution in [2.75, 3.05) is 29.0 Å². The van der Waals surface area contributed by atoms with E-state index in [0.29, 0.717) is 4.41 Å². The first-order valence-electron chi connectivity index (χ1n) is 6.10. The Bertz CT molecular complexity index is 709. The Morgan fingerprint density at radius 3 is 2.41 bits per heavy atom. The molecule has 1 unspecified atom stereocenters. The Morgan fingerprint density at radius 1 is 1.32 bits per heavy atom. The van der Waals surface area contributed by atoms with Crippen molar-refractivity contribution in [2.45, 2.75) is 0 Å². The van der Waals surface area contributed by atoms with Gasteiger partial charge in [0.1, 0.15) is 5.82 Å². The second-order valence-corrected chi connectivity index (χ2v) is 7.69. The van der Waals surface area contributed by atoms with Crippen LogP contribution in [0.25, 0.3) is 0 Å². The molecule has 1 aromatic carbocycles. The van der Waals surface area contributed by atoms with Gasteiger partial charge < -0.3 is 5.11 Å². The van der Waals surface area contributed by atoms with Crippen LogP contribution in [-0.2, 0) is 21.1 Å². The highest BCUT2D eigenvalue weighted by atomic mass is 32.2. The molecule has 1 aliphatic rings. The lowest BCUT2D eigenvalue weighted by atomic mass is 10.2. The monoisotopic (exact) mass is 352 g/mol. The topological polar surface area (TPSA) is 115 Å². The third-order valence-corrected chi connectivity index (χ3v) is 5.45. The highest BCUT2D eigenvalue weighted by Gasteiger charge is 2.31. The molecule has 0 saturated carbocycles. The van der Waals surface area contributed by atoms with Gasteiger partial charge in [-0.3, -0.25) is 4.55 Å². The standard InChI is InChI=1S/C11H13FN2O6S2/c12-8-1-2-9(11(15)16)10(7-8)14(21(17)18)13-3-5-22(19,20)6-4-13/h1-2,7H,3-6H2,(H,15,16)(H,17,18). The molecule has 2 N–H and O–H groups in total. The minimum atomic E-state index is -3.23. The number of nitrogens with zero attached hydrogens (tertiary/aromatic N) is 2. The van der Waals surface area contributed by atoms with Gasteiger partial charge in [0.05, 0.1) is 22.8 Å². The van der Waals surface area contributed by atoms with Gasteiger partial charge in [-0.1, -0.05) is 0 Å². The van der Waals surface area contributed by atoms with Crippen molar-refractivity contribution in [1.82, 2.24) is 5.01 Å². The molecule has 0 amide bonds. The van der Waals surface area contributed by atoms with Crippen LogP contribution < -0.4 is 4.41 Å². The third-order valence-electron chi connectivity index (χ3n) is 3.12. The smallest absolute Gasteiger partial charge is 0.337 e. The number of carboxylic acids is 1. The lowest BCUT2D eigenvalue weighted by Crippen LogP contribution is -2.51. The van der Waals surface area contributed by atoms with E-state index in [4.69, 9.17) is 5.11 Å². The zero-order valence-electron chi connectivity index (χ0n) is 11.2. The van der Waals surface area contributed by atoms with E-state index >= 15 is 0 Å². The lowest BCUT2D eigenvalue weighted by Gasteiger charge is -2.35. The molecular weight excluding hydrogens is 339 g/mol. The van der Waals surface area contributed by atoms with E-state index in [1.165, 1.54) is 5.01 Å². The Morgan fingerprint density at radius 2 is 1.91 bits per heavy atom. The Kier molecular flexibility index (Phi) is 4.80. The van der Waals surface area contributed by atoms with Gasteiger partial charge in [0, 0.05) is 19.2 Å². The van der Waals surface area contributed by atoms with E-state index in [1.54, 1.807) is 0 Å². The minimum absolute atomic E-state index is 0.0930. The molecule has 8 nitrogen and oxygen atoms in total. The molecule has 1 atom stereocenters. The van der Waals surface area contributed by atoms with Crippen molar-refractivity contribution in [2.24, 2.45) is 0 Å². The van der Waals surface area contributed by atoms with E-state index in [2.05, 4.69) is 0 Å². The molecule has 22 heavy (non-hydrogen) atoms. The van der Waals surface area contributed by atoms with Crippen LogP contribution in [0.3, 0.4) is 0 Å². The van der Waals surface area contributed by atoms with Crippen molar-refractivity contribution in [3.63, 3.8) is 0 Å². The van der Waals surface area contributed by atoms with Gasteiger partial charge in [0.15, 0.2) is 9.84 Å². The first kappa shape index (κ1) is 16.8. The summed E-state index contributed by atoms with van der Waals surface area (Å²) in [5.41, 5.74) is -0.676. The highest BCUT2D eigenvalue weighted by Crippen LogP contribution is 2.26. The van der Waals surface area contributed by atoms with Crippen LogP contribution in [0.5, 0.6) is 0 Å². The van der Waals surface area contributed by atoms with Crippen molar-refractivity contribution in [3.05, 3.63) is 29.6 Å². The van der Waals surface area contributed by atoms with Gasteiger partial charge in [-0.05, 0) is 12.1 Å². The van der Waals surface area contributed by atoms with Crippen LogP contribution in [0.1, 0.15) is 10.4 Å². The van der Waals surface area contributed by atoms with E-state index in [9.17, 15) is 26.4 Å². The van der Waals surface area contributed by atoms with Gasteiger partial charge in [0.25, 0.3) is 11.3 Å². The Balaban J connectivity index is 2.43. The summed E-state index contributed by atoms with van der Waals surface area (Å²) in [6.07, 6.45) is 0. The number of benzene rings is 1. The normalized spacial score (nSPS) is 19.5. The fourth-order valence-corrected chi connectivity index (χ4v) is 3.93. The summed E-state index contributed by atoms with van der Waals surface area (Å²) in [5, 5.41) is 10.3. The summed E-state index contributed by atoms with van der Waals surface area (Å²) in [4.78, 5) is 11.2. The molecule has 0 aromatic heterocycles. The lowest BCUT2D eigenvalue weighted by molar-refractivity contribution is 0.0697. The van der Waals surface area contributed by atoms with E-state index in [0.717, 1.165) is 18.2 Å². The fourth-order valence-electron chi connectivity index (χ4n) is 2.06. The summed E-state index contributed by atoms with van der Waals surface area (Å²) in [5.74, 6) is -2.65.